The van der Waals surface area contributed by atoms with Crippen molar-refractivity contribution in [3.05, 3.63) is 42.1 Å². The second-order valence-corrected chi connectivity index (χ2v) is 6.67. The molecule has 0 aromatic carbocycles. The van der Waals surface area contributed by atoms with Gasteiger partial charge in [-0.05, 0) is 37.8 Å². The molecule has 4 rings (SSSR count). The molecule has 3 aromatic rings. The highest BCUT2D eigenvalue weighted by Gasteiger charge is 2.31. The number of aromatic nitrogens is 4. The standard InChI is InChI=1S/C18H16F4N6/c19-13-7-25-17(26-12-4-2-11(23)3-5-12)27-16(13)14-8-24-15-6-1-10(9-28(14)15)18(20,21)22/h1,6-9,11H,2-5,23H2. The van der Waals surface area contributed by atoms with Crippen molar-refractivity contribution in [1.29, 1.82) is 0 Å². The van der Waals surface area contributed by atoms with Gasteiger partial charge in [-0.15, -0.1) is 0 Å². The zero-order chi connectivity index (χ0) is 19.9. The minimum atomic E-state index is -4.53. The second kappa shape index (κ2) is 6.93. The smallest absolute Gasteiger partial charge is 0.328 e. The van der Waals surface area contributed by atoms with Crippen LogP contribution in [0, 0.1) is 5.82 Å². The molecule has 1 aliphatic carbocycles. The summed E-state index contributed by atoms with van der Waals surface area (Å²) < 4.78 is 54.6. The number of hydrogen-bond donors (Lipinski definition) is 1. The van der Waals surface area contributed by atoms with Gasteiger partial charge in [-0.3, -0.25) is 4.40 Å². The average molecular weight is 392 g/mol. The number of alkyl halides is 3. The normalized spacial score (nSPS) is 17.9. The molecule has 0 unspecified atom stereocenters. The van der Waals surface area contributed by atoms with E-state index >= 15 is 0 Å². The zero-order valence-electron chi connectivity index (χ0n) is 14.6. The van der Waals surface area contributed by atoms with E-state index in [1.165, 1.54) is 12.3 Å². The monoisotopic (exact) mass is 392 g/mol. The Balaban J connectivity index is 1.76. The summed E-state index contributed by atoms with van der Waals surface area (Å²) in [5, 5.41) is 0. The number of hydrogen-bond acceptors (Lipinski definition) is 5. The molecule has 1 aliphatic rings. The van der Waals surface area contributed by atoms with Crippen molar-refractivity contribution in [3.63, 3.8) is 0 Å². The molecule has 3 heterocycles. The summed E-state index contributed by atoms with van der Waals surface area (Å²) in [6, 6.07) is 2.29. The average Bonchev–Trinajstić information content (AvgIpc) is 3.07. The van der Waals surface area contributed by atoms with Crippen LogP contribution < -0.4 is 5.73 Å². The summed E-state index contributed by atoms with van der Waals surface area (Å²) in [6.07, 6.45) is 1.61. The van der Waals surface area contributed by atoms with Crippen LogP contribution in [0.5, 0.6) is 0 Å². The Hall–Kier alpha value is -2.88. The maximum Gasteiger partial charge on any atom is 0.417 e. The first-order chi connectivity index (χ1) is 13.3. The van der Waals surface area contributed by atoms with E-state index in [2.05, 4.69) is 19.9 Å². The largest absolute Gasteiger partial charge is 0.417 e. The first-order valence-corrected chi connectivity index (χ1v) is 8.70. The summed E-state index contributed by atoms with van der Waals surface area (Å²) in [6.45, 7) is 0. The molecule has 3 aromatic heterocycles. The van der Waals surface area contributed by atoms with E-state index in [9.17, 15) is 17.6 Å². The predicted molar refractivity (Wildman–Crippen MR) is 94.7 cm³/mol. The van der Waals surface area contributed by atoms with Gasteiger partial charge < -0.3 is 5.73 Å². The number of halogens is 4. The lowest BCUT2D eigenvalue weighted by Crippen LogP contribution is -2.26. The minimum absolute atomic E-state index is 0.0591. The molecule has 0 amide bonds. The lowest BCUT2D eigenvalue weighted by atomic mass is 9.94. The predicted octanol–water partition coefficient (Wildman–Crippen LogP) is 3.92. The second-order valence-electron chi connectivity index (χ2n) is 6.67. The molecule has 1 saturated carbocycles. The molecule has 6 nitrogen and oxygen atoms in total. The van der Waals surface area contributed by atoms with Gasteiger partial charge in [0.2, 0.25) is 5.95 Å². The van der Waals surface area contributed by atoms with Crippen LogP contribution in [0.1, 0.15) is 31.2 Å². The lowest BCUT2D eigenvalue weighted by Gasteiger charge is -2.18. The van der Waals surface area contributed by atoms with Crippen LogP contribution in [0.15, 0.2) is 35.7 Å². The Labute approximate surface area is 157 Å². The first-order valence-electron chi connectivity index (χ1n) is 8.70. The number of rotatable bonds is 2. The maximum absolute atomic E-state index is 14.4. The van der Waals surface area contributed by atoms with Crippen molar-refractivity contribution in [2.24, 2.45) is 10.7 Å². The molecule has 0 saturated heterocycles. The van der Waals surface area contributed by atoms with Crippen LogP contribution in [0.2, 0.25) is 0 Å². The Morgan fingerprint density at radius 1 is 1.11 bits per heavy atom. The Kier molecular flexibility index (Phi) is 4.58. The summed E-state index contributed by atoms with van der Waals surface area (Å²) >= 11 is 0. The maximum atomic E-state index is 14.4. The number of imidazole rings is 1. The third kappa shape index (κ3) is 3.59. The summed E-state index contributed by atoms with van der Waals surface area (Å²) in [5.74, 6) is -0.711. The van der Waals surface area contributed by atoms with Crippen LogP contribution in [-0.4, -0.2) is 31.1 Å². The zero-order valence-corrected chi connectivity index (χ0v) is 14.6. The van der Waals surface area contributed by atoms with Gasteiger partial charge in [0.05, 0.1) is 23.7 Å². The minimum Gasteiger partial charge on any atom is -0.328 e. The molecule has 1 fully saturated rings. The van der Waals surface area contributed by atoms with Crippen molar-refractivity contribution < 1.29 is 17.6 Å². The van der Waals surface area contributed by atoms with E-state index in [4.69, 9.17) is 5.73 Å². The van der Waals surface area contributed by atoms with Crippen LogP contribution >= 0.6 is 0 Å². The molecule has 0 spiro atoms. The number of pyridine rings is 1. The Morgan fingerprint density at radius 2 is 1.86 bits per heavy atom. The van der Waals surface area contributed by atoms with Crippen molar-refractivity contribution in [3.8, 4) is 11.4 Å². The Bertz CT molecular complexity index is 1050. The SMILES string of the molecule is NC1CCC(=Nc2ncc(F)c(-c3cnc4ccc(C(F)(F)F)cn34)n2)CC1. The Morgan fingerprint density at radius 3 is 2.57 bits per heavy atom. The molecule has 0 aliphatic heterocycles. The van der Waals surface area contributed by atoms with Gasteiger partial charge in [-0.1, -0.05) is 0 Å². The van der Waals surface area contributed by atoms with Gasteiger partial charge in [0.25, 0.3) is 0 Å². The highest BCUT2D eigenvalue weighted by Crippen LogP contribution is 2.31. The molecule has 146 valence electrons. The molecule has 0 bridgehead atoms. The molecule has 0 atom stereocenters. The van der Waals surface area contributed by atoms with E-state index < -0.39 is 17.6 Å². The fourth-order valence-electron chi connectivity index (χ4n) is 3.14. The number of aliphatic imine (C=N–C) groups is 1. The van der Waals surface area contributed by atoms with E-state index in [0.717, 1.165) is 41.4 Å². The van der Waals surface area contributed by atoms with Crippen molar-refractivity contribution in [2.45, 2.75) is 37.9 Å². The van der Waals surface area contributed by atoms with Gasteiger partial charge in [0.15, 0.2) is 5.82 Å². The number of nitrogens with zero attached hydrogens (tertiary/aromatic N) is 5. The number of fused-ring (bicyclic) bond motifs is 1. The molecular weight excluding hydrogens is 376 g/mol. The topological polar surface area (TPSA) is 81.5 Å². The quantitative estimate of drug-likeness (QED) is 0.670. The van der Waals surface area contributed by atoms with Crippen molar-refractivity contribution in [1.82, 2.24) is 19.4 Å². The van der Waals surface area contributed by atoms with Crippen LogP contribution in [0.4, 0.5) is 23.5 Å². The van der Waals surface area contributed by atoms with Gasteiger partial charge in [0.1, 0.15) is 11.3 Å². The van der Waals surface area contributed by atoms with E-state index in [-0.39, 0.29) is 29.0 Å². The lowest BCUT2D eigenvalue weighted by molar-refractivity contribution is -0.137. The molecule has 10 heteroatoms. The fraction of sp³-hybridized carbons (Fsp3) is 0.333. The summed E-state index contributed by atoms with van der Waals surface area (Å²) in [4.78, 5) is 16.4. The third-order valence-corrected chi connectivity index (χ3v) is 4.67. The van der Waals surface area contributed by atoms with Crippen molar-refractivity contribution >= 4 is 17.3 Å². The summed E-state index contributed by atoms with van der Waals surface area (Å²) in [7, 11) is 0. The highest BCUT2D eigenvalue weighted by molar-refractivity contribution is 5.87. The number of nitrogens with two attached hydrogens (primary N) is 1. The van der Waals surface area contributed by atoms with Crippen LogP contribution in [-0.2, 0) is 6.18 Å². The first kappa shape index (κ1) is 18.5. The van der Waals surface area contributed by atoms with Gasteiger partial charge in [-0.25, -0.2) is 24.3 Å². The molecule has 28 heavy (non-hydrogen) atoms. The van der Waals surface area contributed by atoms with Crippen LogP contribution in [0.25, 0.3) is 17.0 Å². The van der Waals surface area contributed by atoms with Gasteiger partial charge >= 0.3 is 6.18 Å². The molecule has 0 radical (unpaired) electrons. The van der Waals surface area contributed by atoms with Crippen molar-refractivity contribution in [2.75, 3.05) is 0 Å². The highest BCUT2D eigenvalue weighted by atomic mass is 19.4. The van der Waals surface area contributed by atoms with E-state index in [1.807, 2.05) is 0 Å². The molecular formula is C18H16F4N6. The van der Waals surface area contributed by atoms with Gasteiger partial charge in [0, 0.05) is 18.0 Å². The third-order valence-electron chi connectivity index (χ3n) is 4.67. The van der Waals surface area contributed by atoms with E-state index in [0.29, 0.717) is 12.8 Å². The fourth-order valence-corrected chi connectivity index (χ4v) is 3.14. The molecule has 2 N–H and O–H groups in total. The van der Waals surface area contributed by atoms with Gasteiger partial charge in [-0.2, -0.15) is 13.2 Å². The summed E-state index contributed by atoms with van der Waals surface area (Å²) in [5.41, 5.74) is 6.05. The van der Waals surface area contributed by atoms with E-state index in [1.54, 1.807) is 0 Å². The van der Waals surface area contributed by atoms with Crippen LogP contribution in [0.3, 0.4) is 0 Å².